The van der Waals surface area contributed by atoms with Crippen LogP contribution in [0.1, 0.15) is 47.0 Å². The average Bonchev–Trinajstić information content (AvgIpc) is 2.76. The highest BCUT2D eigenvalue weighted by atomic mass is 16.5. The van der Waals surface area contributed by atoms with Crippen LogP contribution in [0.5, 0.6) is 5.75 Å². The molecule has 8 nitrogen and oxygen atoms in total. The third-order valence-electron chi connectivity index (χ3n) is 4.33. The second kappa shape index (κ2) is 9.50. The molecule has 2 amide bonds. The van der Waals surface area contributed by atoms with Crippen molar-refractivity contribution in [2.75, 3.05) is 6.61 Å². The summed E-state index contributed by atoms with van der Waals surface area (Å²) in [5.41, 5.74) is 4.65. The summed E-state index contributed by atoms with van der Waals surface area (Å²) in [6, 6.07) is 13.3. The Balaban J connectivity index is 1.60. The number of hydrazine groups is 1. The summed E-state index contributed by atoms with van der Waals surface area (Å²) in [7, 11) is 0. The Morgan fingerprint density at radius 2 is 1.66 bits per heavy atom. The van der Waals surface area contributed by atoms with Crippen LogP contribution >= 0.6 is 0 Å². The minimum absolute atomic E-state index is 0.0105. The Bertz CT molecular complexity index is 1060. The molecular weight excluding hydrogens is 372 g/mol. The van der Waals surface area contributed by atoms with E-state index in [1.165, 1.54) is 0 Å². The summed E-state index contributed by atoms with van der Waals surface area (Å²) in [5, 5.41) is 6.81. The maximum atomic E-state index is 12.4. The van der Waals surface area contributed by atoms with Gasteiger partial charge in [-0.1, -0.05) is 38.0 Å². The van der Waals surface area contributed by atoms with Gasteiger partial charge >= 0.3 is 0 Å². The van der Waals surface area contributed by atoms with Gasteiger partial charge in [0.15, 0.2) is 5.69 Å². The number of nitrogens with one attached hydrogen (secondary N) is 3. The van der Waals surface area contributed by atoms with Gasteiger partial charge in [0.2, 0.25) is 0 Å². The molecule has 3 aromatic rings. The normalized spacial score (nSPS) is 10.5. The molecule has 1 heterocycles. The lowest BCUT2D eigenvalue weighted by molar-refractivity contribution is 0.0844. The molecule has 0 bridgehead atoms. The number of aromatic amines is 1. The third kappa shape index (κ3) is 4.98. The molecule has 3 N–H and O–H groups in total. The lowest BCUT2D eigenvalue weighted by Crippen LogP contribution is -2.42. The third-order valence-corrected chi connectivity index (χ3v) is 4.33. The molecule has 2 aromatic carbocycles. The maximum absolute atomic E-state index is 12.4. The molecule has 8 heteroatoms. The number of rotatable bonds is 7. The molecule has 29 heavy (non-hydrogen) atoms. The smallest absolute Gasteiger partial charge is 0.290 e. The summed E-state index contributed by atoms with van der Waals surface area (Å²) < 4.78 is 5.61. The van der Waals surface area contributed by atoms with Crippen LogP contribution in [0.25, 0.3) is 10.8 Å². The molecule has 0 aliphatic rings. The number of carbonyl (C=O) groups is 2. The second-order valence-electron chi connectivity index (χ2n) is 6.44. The summed E-state index contributed by atoms with van der Waals surface area (Å²) in [6.45, 7) is 2.76. The van der Waals surface area contributed by atoms with E-state index in [4.69, 9.17) is 4.74 Å². The predicted octanol–water partition coefficient (Wildman–Crippen LogP) is 2.57. The molecule has 0 fully saturated rings. The van der Waals surface area contributed by atoms with Crippen LogP contribution in [-0.4, -0.2) is 28.6 Å². The molecule has 0 aliphatic heterocycles. The van der Waals surface area contributed by atoms with Crippen LogP contribution in [-0.2, 0) is 0 Å². The van der Waals surface area contributed by atoms with E-state index in [1.807, 2.05) is 0 Å². The summed E-state index contributed by atoms with van der Waals surface area (Å²) in [6.07, 6.45) is 3.22. The number of hydrogen-bond acceptors (Lipinski definition) is 5. The first kappa shape index (κ1) is 20.1. The van der Waals surface area contributed by atoms with Gasteiger partial charge < -0.3 is 4.74 Å². The number of unbranched alkanes of at least 4 members (excludes halogenated alkanes) is 2. The lowest BCUT2D eigenvalue weighted by atomic mass is 10.1. The minimum atomic E-state index is -0.637. The second-order valence-corrected chi connectivity index (χ2v) is 6.44. The van der Waals surface area contributed by atoms with E-state index >= 15 is 0 Å². The first-order valence-electron chi connectivity index (χ1n) is 9.41. The first-order chi connectivity index (χ1) is 14.1. The van der Waals surface area contributed by atoms with Crippen molar-refractivity contribution in [2.45, 2.75) is 26.2 Å². The van der Waals surface area contributed by atoms with Crippen LogP contribution in [0.2, 0.25) is 0 Å². The number of H-pyrrole nitrogens is 1. The van der Waals surface area contributed by atoms with Crippen molar-refractivity contribution < 1.29 is 14.3 Å². The Morgan fingerprint density at radius 1 is 0.966 bits per heavy atom. The largest absolute Gasteiger partial charge is 0.494 e. The summed E-state index contributed by atoms with van der Waals surface area (Å²) >= 11 is 0. The fourth-order valence-electron chi connectivity index (χ4n) is 2.78. The summed E-state index contributed by atoms with van der Waals surface area (Å²) in [5.74, 6) is -0.433. The van der Waals surface area contributed by atoms with E-state index in [2.05, 4.69) is 28.0 Å². The molecule has 0 spiro atoms. The van der Waals surface area contributed by atoms with Gasteiger partial charge in [0.05, 0.1) is 12.0 Å². The van der Waals surface area contributed by atoms with Crippen LogP contribution in [0.3, 0.4) is 0 Å². The molecule has 0 saturated heterocycles. The maximum Gasteiger partial charge on any atom is 0.290 e. The van der Waals surface area contributed by atoms with Crippen LogP contribution in [0.4, 0.5) is 0 Å². The van der Waals surface area contributed by atoms with E-state index in [-0.39, 0.29) is 5.69 Å². The van der Waals surface area contributed by atoms with Crippen molar-refractivity contribution in [1.29, 1.82) is 0 Å². The average molecular weight is 394 g/mol. The van der Waals surface area contributed by atoms with Crippen molar-refractivity contribution in [2.24, 2.45) is 0 Å². The number of benzene rings is 2. The molecule has 0 radical (unpaired) electrons. The van der Waals surface area contributed by atoms with Gasteiger partial charge in [0, 0.05) is 10.9 Å². The zero-order valence-electron chi connectivity index (χ0n) is 16.0. The topological polar surface area (TPSA) is 113 Å². The predicted molar refractivity (Wildman–Crippen MR) is 109 cm³/mol. The van der Waals surface area contributed by atoms with Gasteiger partial charge in [-0.3, -0.25) is 25.2 Å². The number of fused-ring (bicyclic) bond motifs is 1. The minimum Gasteiger partial charge on any atom is -0.494 e. The Kier molecular flexibility index (Phi) is 6.57. The van der Waals surface area contributed by atoms with Gasteiger partial charge in [0.1, 0.15) is 5.75 Å². The van der Waals surface area contributed by atoms with Gasteiger partial charge in [-0.25, -0.2) is 5.10 Å². The Labute approximate surface area is 167 Å². The molecule has 3 rings (SSSR count). The van der Waals surface area contributed by atoms with Crippen molar-refractivity contribution in [3.8, 4) is 5.75 Å². The first-order valence-corrected chi connectivity index (χ1v) is 9.41. The van der Waals surface area contributed by atoms with Gasteiger partial charge in [-0.05, 0) is 36.8 Å². The van der Waals surface area contributed by atoms with Crippen LogP contribution in [0.15, 0.2) is 53.3 Å². The van der Waals surface area contributed by atoms with Crippen molar-refractivity contribution in [1.82, 2.24) is 21.0 Å². The molecule has 0 aliphatic carbocycles. The molecule has 0 saturated carbocycles. The number of ether oxygens (including phenoxy) is 1. The van der Waals surface area contributed by atoms with Crippen LogP contribution < -0.4 is 21.1 Å². The van der Waals surface area contributed by atoms with Gasteiger partial charge in [0.25, 0.3) is 17.4 Å². The molecule has 0 atom stereocenters. The molecule has 0 unspecified atom stereocenters. The highest BCUT2D eigenvalue weighted by molar-refractivity contribution is 6.05. The van der Waals surface area contributed by atoms with Gasteiger partial charge in [-0.15, -0.1) is 0 Å². The fourth-order valence-corrected chi connectivity index (χ4v) is 2.78. The molecular formula is C21H22N4O4. The number of aromatic nitrogens is 2. The number of amides is 2. The summed E-state index contributed by atoms with van der Waals surface area (Å²) in [4.78, 5) is 36.5. The zero-order chi connectivity index (χ0) is 20.6. The Hall–Kier alpha value is -3.68. The highest BCUT2D eigenvalue weighted by Gasteiger charge is 2.15. The monoisotopic (exact) mass is 394 g/mol. The van der Waals surface area contributed by atoms with Crippen molar-refractivity contribution in [3.63, 3.8) is 0 Å². The van der Waals surface area contributed by atoms with Crippen LogP contribution in [0, 0.1) is 0 Å². The quantitative estimate of drug-likeness (QED) is 0.421. The molecule has 1 aromatic heterocycles. The highest BCUT2D eigenvalue weighted by Crippen LogP contribution is 2.14. The number of carbonyl (C=O) groups excluding carboxylic acids is 2. The van der Waals surface area contributed by atoms with Crippen molar-refractivity contribution >= 4 is 22.6 Å². The van der Waals surface area contributed by atoms with E-state index in [1.54, 1.807) is 48.5 Å². The van der Waals surface area contributed by atoms with Gasteiger partial charge in [-0.2, -0.15) is 5.10 Å². The molecule has 150 valence electrons. The van der Waals surface area contributed by atoms with E-state index < -0.39 is 17.4 Å². The SMILES string of the molecule is CCCCCOc1ccc(C(=O)NNC(=O)c2n[nH]c(=O)c3ccccc23)cc1. The lowest BCUT2D eigenvalue weighted by Gasteiger charge is -2.09. The van der Waals surface area contributed by atoms with E-state index in [0.29, 0.717) is 28.7 Å². The zero-order valence-corrected chi connectivity index (χ0v) is 16.0. The standard InChI is InChI=1S/C21H22N4O4/c1-2-3-6-13-29-15-11-9-14(10-12-15)19(26)23-25-21(28)18-16-7-4-5-8-17(16)20(27)24-22-18/h4-5,7-12H,2-3,6,13H2,1H3,(H,23,26)(H,24,27)(H,25,28). The Morgan fingerprint density at radius 3 is 2.38 bits per heavy atom. The fraction of sp³-hybridized carbons (Fsp3) is 0.238. The van der Waals surface area contributed by atoms with Crippen molar-refractivity contribution in [3.05, 3.63) is 70.1 Å². The van der Waals surface area contributed by atoms with E-state index in [9.17, 15) is 14.4 Å². The number of nitrogens with zero attached hydrogens (tertiary/aromatic N) is 1. The number of hydrogen-bond donors (Lipinski definition) is 3. The van der Waals surface area contributed by atoms with E-state index in [0.717, 1.165) is 19.3 Å².